The van der Waals surface area contributed by atoms with Gasteiger partial charge in [0.2, 0.25) is 0 Å². The van der Waals surface area contributed by atoms with Crippen molar-refractivity contribution in [3.63, 3.8) is 0 Å². The molecule has 0 aliphatic carbocycles. The van der Waals surface area contributed by atoms with Gasteiger partial charge in [-0.2, -0.15) is 0 Å². The SMILES string of the molecule is CSc1ccc(/C(=C\C2CCNCC2)C(=O)Nc2nc(C)c(C)s2)cc1. The fraction of sp³-hybridized carbons (Fsp3) is 0.400. The number of carbonyl (C=O) groups excluding carboxylic acids is 1. The lowest BCUT2D eigenvalue weighted by atomic mass is 9.92. The van der Waals surface area contributed by atoms with Crippen molar-refractivity contribution in [3.05, 3.63) is 46.5 Å². The molecule has 2 N–H and O–H groups in total. The summed E-state index contributed by atoms with van der Waals surface area (Å²) in [5.74, 6) is 0.353. The molecule has 4 nitrogen and oxygen atoms in total. The van der Waals surface area contributed by atoms with Gasteiger partial charge in [-0.3, -0.25) is 10.1 Å². The van der Waals surface area contributed by atoms with E-state index in [1.807, 2.05) is 26.0 Å². The fourth-order valence-corrected chi connectivity index (χ4v) is 4.23. The number of thiazole rings is 1. The monoisotopic (exact) mass is 387 g/mol. The molecule has 2 aromatic rings. The van der Waals surface area contributed by atoms with Crippen LogP contribution in [0.15, 0.2) is 35.2 Å². The molecular weight excluding hydrogens is 362 g/mol. The molecule has 1 fully saturated rings. The van der Waals surface area contributed by atoms with Gasteiger partial charge in [0.25, 0.3) is 5.91 Å². The first-order valence-corrected chi connectivity index (χ1v) is 10.9. The maximum atomic E-state index is 13.0. The van der Waals surface area contributed by atoms with Crippen molar-refractivity contribution in [2.45, 2.75) is 31.6 Å². The Bertz CT molecular complexity index is 770. The minimum Gasteiger partial charge on any atom is -0.317 e. The lowest BCUT2D eigenvalue weighted by Crippen LogP contribution is -2.27. The van der Waals surface area contributed by atoms with Crippen LogP contribution in [0.25, 0.3) is 5.57 Å². The second kappa shape index (κ2) is 8.84. The Morgan fingerprint density at radius 1 is 1.27 bits per heavy atom. The highest BCUT2D eigenvalue weighted by molar-refractivity contribution is 7.98. The van der Waals surface area contributed by atoms with Crippen LogP contribution in [-0.2, 0) is 4.79 Å². The lowest BCUT2D eigenvalue weighted by Gasteiger charge is -2.21. The van der Waals surface area contributed by atoms with Crippen LogP contribution >= 0.6 is 23.1 Å². The number of rotatable bonds is 5. The lowest BCUT2D eigenvalue weighted by molar-refractivity contribution is -0.111. The summed E-state index contributed by atoms with van der Waals surface area (Å²) in [5.41, 5.74) is 2.68. The molecule has 1 aromatic carbocycles. The van der Waals surface area contributed by atoms with E-state index in [2.05, 4.69) is 40.1 Å². The molecule has 1 saturated heterocycles. The largest absolute Gasteiger partial charge is 0.317 e. The maximum absolute atomic E-state index is 13.0. The third kappa shape index (κ3) is 4.75. The average Bonchev–Trinajstić information content (AvgIpc) is 2.97. The second-order valence-corrected chi connectivity index (χ2v) is 8.59. The van der Waals surface area contributed by atoms with Crippen molar-refractivity contribution >= 4 is 39.7 Å². The summed E-state index contributed by atoms with van der Waals surface area (Å²) in [6.45, 7) is 6.00. The summed E-state index contributed by atoms with van der Waals surface area (Å²) >= 11 is 3.23. The molecule has 0 radical (unpaired) electrons. The van der Waals surface area contributed by atoms with Crippen LogP contribution in [0.4, 0.5) is 5.13 Å². The number of nitrogens with zero attached hydrogens (tertiary/aromatic N) is 1. The molecule has 0 spiro atoms. The van der Waals surface area contributed by atoms with Crippen LogP contribution in [0.5, 0.6) is 0 Å². The molecule has 0 unspecified atom stereocenters. The number of piperidine rings is 1. The summed E-state index contributed by atoms with van der Waals surface area (Å²) in [4.78, 5) is 19.8. The second-order valence-electron chi connectivity index (χ2n) is 6.51. The highest BCUT2D eigenvalue weighted by Gasteiger charge is 2.18. The van der Waals surface area contributed by atoms with Crippen LogP contribution in [0.3, 0.4) is 0 Å². The molecule has 2 heterocycles. The fourth-order valence-electron chi connectivity index (χ4n) is 3.01. The van der Waals surface area contributed by atoms with Gasteiger partial charge in [-0.15, -0.1) is 23.1 Å². The molecule has 1 aromatic heterocycles. The normalized spacial score (nSPS) is 15.9. The van der Waals surface area contributed by atoms with Crippen molar-refractivity contribution in [2.24, 2.45) is 5.92 Å². The number of nitrogens with one attached hydrogen (secondary N) is 2. The highest BCUT2D eigenvalue weighted by Crippen LogP contribution is 2.27. The van der Waals surface area contributed by atoms with E-state index in [9.17, 15) is 4.79 Å². The number of aryl methyl sites for hydroxylation is 2. The summed E-state index contributed by atoms with van der Waals surface area (Å²) in [6.07, 6.45) is 6.34. The first-order valence-electron chi connectivity index (χ1n) is 8.89. The molecule has 1 aliphatic heterocycles. The van der Waals surface area contributed by atoms with Gasteiger partial charge >= 0.3 is 0 Å². The molecule has 1 amide bonds. The van der Waals surface area contributed by atoms with Crippen molar-refractivity contribution in [3.8, 4) is 0 Å². The number of hydrogen-bond acceptors (Lipinski definition) is 5. The number of amides is 1. The zero-order valence-corrected chi connectivity index (χ0v) is 17.1. The number of benzene rings is 1. The number of anilines is 1. The Kier molecular flexibility index (Phi) is 6.51. The summed E-state index contributed by atoms with van der Waals surface area (Å²) in [7, 11) is 0. The smallest absolute Gasteiger partial charge is 0.257 e. The van der Waals surface area contributed by atoms with Gasteiger partial charge in [0.15, 0.2) is 5.13 Å². The van der Waals surface area contributed by atoms with Gasteiger partial charge in [0.1, 0.15) is 0 Å². The quantitative estimate of drug-likeness (QED) is 0.586. The van der Waals surface area contributed by atoms with Gasteiger partial charge in [-0.25, -0.2) is 4.98 Å². The van der Waals surface area contributed by atoms with E-state index in [0.29, 0.717) is 11.0 Å². The van der Waals surface area contributed by atoms with Crippen molar-refractivity contribution in [1.82, 2.24) is 10.3 Å². The number of aromatic nitrogens is 1. The Morgan fingerprint density at radius 2 is 1.96 bits per heavy atom. The number of thioether (sulfide) groups is 1. The van der Waals surface area contributed by atoms with E-state index in [-0.39, 0.29) is 5.91 Å². The Morgan fingerprint density at radius 3 is 2.54 bits per heavy atom. The van der Waals surface area contributed by atoms with Crippen LogP contribution in [-0.4, -0.2) is 30.2 Å². The molecule has 26 heavy (non-hydrogen) atoms. The molecule has 138 valence electrons. The van der Waals surface area contributed by atoms with E-state index >= 15 is 0 Å². The number of hydrogen-bond donors (Lipinski definition) is 2. The highest BCUT2D eigenvalue weighted by atomic mass is 32.2. The Hall–Kier alpha value is -1.63. The van der Waals surface area contributed by atoms with Gasteiger partial charge < -0.3 is 5.32 Å². The predicted octanol–water partition coefficient (Wildman–Crippen LogP) is 4.50. The van der Waals surface area contributed by atoms with E-state index in [1.54, 1.807) is 11.8 Å². The van der Waals surface area contributed by atoms with E-state index in [4.69, 9.17) is 0 Å². The Labute approximate surface area is 163 Å². The van der Waals surface area contributed by atoms with Gasteiger partial charge in [-0.1, -0.05) is 18.2 Å². The predicted molar refractivity (Wildman–Crippen MR) is 112 cm³/mol. The minimum atomic E-state index is -0.0748. The van der Waals surface area contributed by atoms with E-state index in [1.165, 1.54) is 16.2 Å². The molecule has 6 heteroatoms. The maximum Gasteiger partial charge on any atom is 0.257 e. The van der Waals surface area contributed by atoms with Crippen LogP contribution in [0.2, 0.25) is 0 Å². The third-order valence-electron chi connectivity index (χ3n) is 4.68. The molecule has 3 rings (SSSR count). The van der Waals surface area contributed by atoms with Crippen molar-refractivity contribution in [1.29, 1.82) is 0 Å². The topological polar surface area (TPSA) is 54.0 Å². The van der Waals surface area contributed by atoms with Crippen molar-refractivity contribution < 1.29 is 4.79 Å². The molecular formula is C20H25N3OS2. The zero-order chi connectivity index (χ0) is 18.5. The van der Waals surface area contributed by atoms with Gasteiger partial charge in [0, 0.05) is 15.3 Å². The van der Waals surface area contributed by atoms with E-state index < -0.39 is 0 Å². The number of carbonyl (C=O) groups is 1. The van der Waals surface area contributed by atoms with Gasteiger partial charge in [-0.05, 0) is 69.6 Å². The summed E-state index contributed by atoms with van der Waals surface area (Å²) in [5, 5.41) is 7.05. The van der Waals surface area contributed by atoms with Crippen LogP contribution in [0, 0.1) is 19.8 Å². The molecule has 0 atom stereocenters. The third-order valence-corrected chi connectivity index (χ3v) is 6.41. The molecule has 0 bridgehead atoms. The summed E-state index contributed by atoms with van der Waals surface area (Å²) in [6, 6.07) is 8.22. The minimum absolute atomic E-state index is 0.0748. The first-order chi connectivity index (χ1) is 12.6. The Balaban J connectivity index is 1.87. The van der Waals surface area contributed by atoms with Gasteiger partial charge in [0.05, 0.1) is 5.69 Å². The first kappa shape index (κ1) is 19.1. The van der Waals surface area contributed by atoms with Crippen LogP contribution < -0.4 is 10.6 Å². The van der Waals surface area contributed by atoms with Crippen molar-refractivity contribution in [2.75, 3.05) is 24.7 Å². The number of allylic oxidation sites excluding steroid dienone is 1. The molecule has 0 saturated carbocycles. The standard InChI is InChI=1S/C20H25N3OS2/c1-13-14(2)26-20(22-13)23-19(24)18(12-15-8-10-21-11-9-15)16-4-6-17(25-3)7-5-16/h4-7,12,15,21H,8-11H2,1-3H3,(H,22,23,24)/b18-12+. The average molecular weight is 388 g/mol. The van der Waals surface area contributed by atoms with Crippen LogP contribution in [0.1, 0.15) is 29.0 Å². The zero-order valence-electron chi connectivity index (χ0n) is 15.5. The van der Waals surface area contributed by atoms with E-state index in [0.717, 1.165) is 47.6 Å². The summed E-state index contributed by atoms with van der Waals surface area (Å²) < 4.78 is 0. The molecule has 1 aliphatic rings.